The summed E-state index contributed by atoms with van der Waals surface area (Å²) in [5.74, 6) is 0.388. The molecule has 0 saturated carbocycles. The smallest absolute Gasteiger partial charge is 0.272 e. The molecule has 0 spiro atoms. The predicted octanol–water partition coefficient (Wildman–Crippen LogP) is 1.41. The van der Waals surface area contributed by atoms with Crippen LogP contribution in [0.15, 0.2) is 30.3 Å². The number of carbonyl (C=O) groups excluding carboxylic acids is 3. The van der Waals surface area contributed by atoms with Crippen LogP contribution in [-0.4, -0.2) is 48.4 Å². The minimum Gasteiger partial charge on any atom is -0.482 e. The van der Waals surface area contributed by atoms with E-state index in [1.54, 1.807) is 51.2 Å². The van der Waals surface area contributed by atoms with E-state index in [0.717, 1.165) is 0 Å². The maximum absolute atomic E-state index is 13.0. The van der Waals surface area contributed by atoms with Crippen molar-refractivity contribution in [2.24, 2.45) is 0 Å². The van der Waals surface area contributed by atoms with Crippen LogP contribution < -0.4 is 25.0 Å². The van der Waals surface area contributed by atoms with Crippen molar-refractivity contribution in [3.8, 4) is 11.5 Å². The number of ketones is 1. The van der Waals surface area contributed by atoms with Crippen LogP contribution in [0.1, 0.15) is 24.2 Å². The zero-order valence-corrected chi connectivity index (χ0v) is 16.3. The summed E-state index contributed by atoms with van der Waals surface area (Å²) >= 11 is 0. The third-order valence-corrected chi connectivity index (χ3v) is 4.91. The molecule has 1 aromatic heterocycles. The first-order valence-electron chi connectivity index (χ1n) is 9.01. The van der Waals surface area contributed by atoms with Gasteiger partial charge in [0.1, 0.15) is 11.6 Å². The first-order chi connectivity index (χ1) is 13.7. The Hall–Kier alpha value is -3.62. The lowest BCUT2D eigenvalue weighted by Crippen LogP contribution is -2.54. The molecule has 29 heavy (non-hydrogen) atoms. The van der Waals surface area contributed by atoms with Crippen LogP contribution in [0.2, 0.25) is 0 Å². The number of likely N-dealkylation sites (N-methyl/N-ethyl adjacent to an activating group) is 1. The molecule has 1 aromatic carbocycles. The molecule has 2 amide bonds. The topological polar surface area (TPSA) is 115 Å². The summed E-state index contributed by atoms with van der Waals surface area (Å²) in [6.07, 6.45) is 0. The van der Waals surface area contributed by atoms with Gasteiger partial charge in [-0.15, -0.1) is 0 Å². The summed E-state index contributed by atoms with van der Waals surface area (Å²) < 4.78 is 11.1. The maximum Gasteiger partial charge on any atom is 0.272 e. The van der Waals surface area contributed by atoms with Crippen LogP contribution in [0.5, 0.6) is 11.5 Å². The van der Waals surface area contributed by atoms with Gasteiger partial charge in [0.25, 0.3) is 11.8 Å². The molecule has 0 unspecified atom stereocenters. The van der Waals surface area contributed by atoms with Crippen LogP contribution in [-0.2, 0) is 9.59 Å². The number of amides is 2. The van der Waals surface area contributed by atoms with Crippen molar-refractivity contribution < 1.29 is 23.9 Å². The summed E-state index contributed by atoms with van der Waals surface area (Å²) in [6, 6.07) is 8.02. The Balaban J connectivity index is 1.67. The number of pyridine rings is 1. The molecule has 0 bridgehead atoms. The minimum absolute atomic E-state index is 0.0436. The average Bonchev–Trinajstić information content (AvgIpc) is 2.68. The van der Waals surface area contributed by atoms with Crippen LogP contribution in [0.3, 0.4) is 0 Å². The summed E-state index contributed by atoms with van der Waals surface area (Å²) in [7, 11) is 1.62. The average molecular weight is 396 g/mol. The number of anilines is 3. The third kappa shape index (κ3) is 3.14. The van der Waals surface area contributed by atoms with E-state index in [1.165, 1.54) is 9.80 Å². The predicted molar refractivity (Wildman–Crippen MR) is 105 cm³/mol. The number of rotatable bonds is 3. The highest BCUT2D eigenvalue weighted by Crippen LogP contribution is 2.37. The van der Waals surface area contributed by atoms with Crippen molar-refractivity contribution in [2.75, 3.05) is 35.7 Å². The lowest BCUT2D eigenvalue weighted by molar-refractivity contribution is -0.132. The number of hydrogen-bond donors (Lipinski definition) is 1. The van der Waals surface area contributed by atoms with E-state index in [9.17, 15) is 14.4 Å². The summed E-state index contributed by atoms with van der Waals surface area (Å²) in [5, 5.41) is 0. The lowest BCUT2D eigenvalue weighted by Gasteiger charge is -2.37. The van der Waals surface area contributed by atoms with E-state index in [-0.39, 0.29) is 36.5 Å². The minimum atomic E-state index is -1.15. The van der Waals surface area contributed by atoms with Crippen LogP contribution >= 0.6 is 0 Å². The van der Waals surface area contributed by atoms with Gasteiger partial charge >= 0.3 is 0 Å². The molecule has 2 aliphatic rings. The number of Topliss-reactive ketones (excluding diaryl/α,β-unsaturated/α-hetero) is 1. The normalized spacial score (nSPS) is 17.2. The molecule has 4 rings (SSSR count). The highest BCUT2D eigenvalue weighted by Gasteiger charge is 2.42. The molecule has 2 N–H and O–H groups in total. The lowest BCUT2D eigenvalue weighted by atomic mass is 10.0. The Morgan fingerprint density at radius 3 is 2.69 bits per heavy atom. The molecule has 0 fully saturated rings. The van der Waals surface area contributed by atoms with Gasteiger partial charge in [-0.3, -0.25) is 19.3 Å². The molecule has 2 aromatic rings. The Bertz CT molecular complexity index is 1050. The maximum atomic E-state index is 13.0. The fourth-order valence-electron chi connectivity index (χ4n) is 3.29. The number of hydrogen-bond acceptors (Lipinski definition) is 7. The summed E-state index contributed by atoms with van der Waals surface area (Å²) in [5.41, 5.74) is 5.46. The van der Waals surface area contributed by atoms with Crippen molar-refractivity contribution in [1.29, 1.82) is 0 Å². The molecule has 9 nitrogen and oxygen atoms in total. The molecule has 0 aliphatic carbocycles. The van der Waals surface area contributed by atoms with E-state index in [1.807, 2.05) is 0 Å². The van der Waals surface area contributed by atoms with Crippen LogP contribution in [0.4, 0.5) is 17.3 Å². The van der Waals surface area contributed by atoms with E-state index in [2.05, 4.69) is 4.98 Å². The summed E-state index contributed by atoms with van der Waals surface area (Å²) in [6.45, 7) is 2.97. The second kappa shape index (κ2) is 6.47. The van der Waals surface area contributed by atoms with E-state index in [0.29, 0.717) is 22.7 Å². The van der Waals surface area contributed by atoms with Gasteiger partial charge in [0.15, 0.2) is 29.6 Å². The number of nitrogens with zero attached hydrogens (tertiary/aromatic N) is 3. The summed E-state index contributed by atoms with van der Waals surface area (Å²) in [4.78, 5) is 44.7. The standard InChI is InChI=1S/C20H20N4O5/c1-20(2)19(27)24(18-15(29-20)6-7-16(21)22-18)9-13(25)11-4-5-14-12(8-11)23(3)17(26)10-28-14/h4-8H,9-10H2,1-3H3,(H2,21,22). The number of nitrogen functional groups attached to an aromatic ring is 1. The fraction of sp³-hybridized carbons (Fsp3) is 0.300. The highest BCUT2D eigenvalue weighted by molar-refractivity contribution is 6.09. The third-order valence-electron chi connectivity index (χ3n) is 4.91. The number of fused-ring (bicyclic) bond motifs is 2. The van der Waals surface area contributed by atoms with Gasteiger partial charge < -0.3 is 20.1 Å². The first-order valence-corrected chi connectivity index (χ1v) is 9.01. The number of nitrogens with two attached hydrogens (primary N) is 1. The van der Waals surface area contributed by atoms with Gasteiger partial charge in [-0.1, -0.05) is 0 Å². The van der Waals surface area contributed by atoms with Crippen molar-refractivity contribution in [3.63, 3.8) is 0 Å². The van der Waals surface area contributed by atoms with Gasteiger partial charge in [-0.2, -0.15) is 0 Å². The number of aromatic nitrogens is 1. The van der Waals surface area contributed by atoms with Crippen LogP contribution in [0, 0.1) is 0 Å². The van der Waals surface area contributed by atoms with Gasteiger partial charge in [0, 0.05) is 12.6 Å². The molecule has 3 heterocycles. The highest BCUT2D eigenvalue weighted by atomic mass is 16.5. The van der Waals surface area contributed by atoms with Gasteiger partial charge in [-0.05, 0) is 44.2 Å². The van der Waals surface area contributed by atoms with Crippen molar-refractivity contribution in [2.45, 2.75) is 19.4 Å². The van der Waals surface area contributed by atoms with E-state index >= 15 is 0 Å². The largest absolute Gasteiger partial charge is 0.482 e. The van der Waals surface area contributed by atoms with Crippen molar-refractivity contribution in [3.05, 3.63) is 35.9 Å². The monoisotopic (exact) mass is 396 g/mol. The van der Waals surface area contributed by atoms with Crippen molar-refractivity contribution in [1.82, 2.24) is 4.98 Å². The quantitative estimate of drug-likeness (QED) is 0.780. The van der Waals surface area contributed by atoms with Crippen molar-refractivity contribution >= 4 is 34.9 Å². The Labute approximate surface area is 167 Å². The molecule has 2 aliphatic heterocycles. The fourth-order valence-corrected chi connectivity index (χ4v) is 3.29. The second-order valence-electron chi connectivity index (χ2n) is 7.41. The molecular formula is C20H20N4O5. The Morgan fingerprint density at radius 1 is 1.21 bits per heavy atom. The molecule has 150 valence electrons. The zero-order valence-electron chi connectivity index (χ0n) is 16.3. The molecule has 9 heteroatoms. The van der Waals surface area contributed by atoms with E-state index < -0.39 is 11.5 Å². The Morgan fingerprint density at radius 2 is 1.93 bits per heavy atom. The van der Waals surface area contributed by atoms with Gasteiger partial charge in [-0.25, -0.2) is 4.98 Å². The first kappa shape index (κ1) is 18.7. The van der Waals surface area contributed by atoms with Gasteiger partial charge in [0.05, 0.1) is 12.2 Å². The molecule has 0 saturated heterocycles. The second-order valence-corrected chi connectivity index (χ2v) is 7.41. The molecular weight excluding hydrogens is 376 g/mol. The SMILES string of the molecule is CN1C(=O)COc2ccc(C(=O)CN3C(=O)C(C)(C)Oc4ccc(N)nc43)cc21. The molecule has 0 radical (unpaired) electrons. The zero-order chi connectivity index (χ0) is 20.9. The number of benzene rings is 1. The molecule has 0 atom stereocenters. The number of ether oxygens (including phenoxy) is 2. The van der Waals surface area contributed by atoms with E-state index in [4.69, 9.17) is 15.2 Å². The Kier molecular flexibility index (Phi) is 4.18. The van der Waals surface area contributed by atoms with Crippen LogP contribution in [0.25, 0.3) is 0 Å². The number of carbonyl (C=O) groups is 3. The van der Waals surface area contributed by atoms with Gasteiger partial charge in [0.2, 0.25) is 0 Å².